The van der Waals surface area contributed by atoms with Crippen LogP contribution in [-0.2, 0) is 21.4 Å². The van der Waals surface area contributed by atoms with Gasteiger partial charge in [0.1, 0.15) is 0 Å². The van der Waals surface area contributed by atoms with Gasteiger partial charge >= 0.3 is 0 Å². The van der Waals surface area contributed by atoms with Gasteiger partial charge < -0.3 is 9.84 Å². The number of aliphatic hydroxyl groups is 1. The third-order valence-corrected chi connectivity index (χ3v) is 3.49. The molecule has 0 amide bonds. The molecule has 0 unspecified atom stereocenters. The molecule has 5 nitrogen and oxygen atoms in total. The number of hydrogen-bond acceptors (Lipinski definition) is 4. The minimum Gasteiger partial charge on any atom is -0.392 e. The molecule has 0 spiro atoms. The van der Waals surface area contributed by atoms with Gasteiger partial charge in [0.05, 0.1) is 18.1 Å². The van der Waals surface area contributed by atoms with E-state index in [0.29, 0.717) is 12.2 Å². The van der Waals surface area contributed by atoms with Crippen molar-refractivity contribution in [1.29, 1.82) is 0 Å². The van der Waals surface area contributed by atoms with E-state index in [9.17, 15) is 8.42 Å². The number of sulfonamides is 1. The van der Waals surface area contributed by atoms with Gasteiger partial charge in [0, 0.05) is 13.7 Å². The first-order valence-corrected chi connectivity index (χ1v) is 6.27. The molecule has 1 rings (SSSR count). The monoisotopic (exact) mass is 245 g/mol. The Labute approximate surface area is 95.1 Å². The molecule has 0 aromatic heterocycles. The Balaban J connectivity index is 2.74. The van der Waals surface area contributed by atoms with Crippen LogP contribution in [0, 0.1) is 0 Å². The van der Waals surface area contributed by atoms with E-state index in [2.05, 4.69) is 4.72 Å². The lowest BCUT2D eigenvalue weighted by molar-refractivity contribution is 0.204. The van der Waals surface area contributed by atoms with Crippen LogP contribution >= 0.6 is 0 Å². The first-order chi connectivity index (χ1) is 7.60. The predicted octanol–water partition coefficient (Wildman–Crippen LogP) is 0.104. The summed E-state index contributed by atoms with van der Waals surface area (Å²) in [5, 5.41) is 8.82. The highest BCUT2D eigenvalue weighted by molar-refractivity contribution is 7.89. The van der Waals surface area contributed by atoms with Crippen molar-refractivity contribution in [1.82, 2.24) is 4.72 Å². The van der Waals surface area contributed by atoms with Crippen LogP contribution in [0.1, 0.15) is 5.56 Å². The van der Waals surface area contributed by atoms with Crippen LogP contribution in [0.4, 0.5) is 0 Å². The Morgan fingerprint density at radius 3 is 2.44 bits per heavy atom. The highest BCUT2D eigenvalue weighted by Gasteiger charge is 2.12. The van der Waals surface area contributed by atoms with Crippen LogP contribution in [0.25, 0.3) is 0 Å². The lowest BCUT2D eigenvalue weighted by Gasteiger charge is -2.06. The average Bonchev–Trinajstić information content (AvgIpc) is 2.29. The molecule has 0 saturated carbocycles. The molecule has 16 heavy (non-hydrogen) atoms. The molecule has 0 aliphatic rings. The Hall–Kier alpha value is -0.950. The van der Waals surface area contributed by atoms with Gasteiger partial charge in [0.15, 0.2) is 0 Å². The zero-order valence-corrected chi connectivity index (χ0v) is 9.83. The van der Waals surface area contributed by atoms with E-state index in [1.54, 1.807) is 12.1 Å². The molecular formula is C10H15NO4S. The van der Waals surface area contributed by atoms with Crippen molar-refractivity contribution in [2.75, 3.05) is 20.3 Å². The van der Waals surface area contributed by atoms with E-state index in [-0.39, 0.29) is 18.0 Å². The van der Waals surface area contributed by atoms with E-state index in [4.69, 9.17) is 9.84 Å². The predicted molar refractivity (Wildman–Crippen MR) is 59.4 cm³/mol. The minimum atomic E-state index is -3.47. The Morgan fingerprint density at radius 2 is 1.94 bits per heavy atom. The van der Waals surface area contributed by atoms with E-state index in [1.165, 1.54) is 19.2 Å². The summed E-state index contributed by atoms with van der Waals surface area (Å²) in [6.45, 7) is 0.464. The lowest BCUT2D eigenvalue weighted by Crippen LogP contribution is -2.27. The van der Waals surface area contributed by atoms with Gasteiger partial charge in [0.25, 0.3) is 0 Å². The molecule has 0 bridgehead atoms. The van der Waals surface area contributed by atoms with Crippen molar-refractivity contribution in [3.63, 3.8) is 0 Å². The van der Waals surface area contributed by atoms with Crippen molar-refractivity contribution in [2.24, 2.45) is 0 Å². The van der Waals surface area contributed by atoms with Crippen LogP contribution in [0.15, 0.2) is 29.2 Å². The zero-order chi connectivity index (χ0) is 12.0. The van der Waals surface area contributed by atoms with Crippen molar-refractivity contribution in [3.8, 4) is 0 Å². The molecule has 0 radical (unpaired) electrons. The fraction of sp³-hybridized carbons (Fsp3) is 0.400. The van der Waals surface area contributed by atoms with Crippen LogP contribution in [0.5, 0.6) is 0 Å². The molecule has 6 heteroatoms. The van der Waals surface area contributed by atoms with Gasteiger partial charge in [-0.1, -0.05) is 12.1 Å². The number of methoxy groups -OCH3 is 1. The molecule has 1 aromatic carbocycles. The number of nitrogens with one attached hydrogen (secondary N) is 1. The summed E-state index contributed by atoms with van der Waals surface area (Å²) in [5.41, 5.74) is 0.677. The summed E-state index contributed by atoms with van der Waals surface area (Å²) in [6.07, 6.45) is 0. The third-order valence-electron chi connectivity index (χ3n) is 2.01. The maximum Gasteiger partial charge on any atom is 0.240 e. The average molecular weight is 245 g/mol. The Bertz CT molecular complexity index is 413. The summed E-state index contributed by atoms with van der Waals surface area (Å²) >= 11 is 0. The molecule has 0 fully saturated rings. The van der Waals surface area contributed by atoms with Crippen molar-refractivity contribution in [2.45, 2.75) is 11.5 Å². The van der Waals surface area contributed by atoms with Gasteiger partial charge in [-0.25, -0.2) is 13.1 Å². The largest absolute Gasteiger partial charge is 0.392 e. The molecule has 0 aliphatic carbocycles. The quantitative estimate of drug-likeness (QED) is 0.697. The van der Waals surface area contributed by atoms with Gasteiger partial charge in [-0.05, 0) is 17.7 Å². The van der Waals surface area contributed by atoms with Crippen LogP contribution in [0.3, 0.4) is 0 Å². The first kappa shape index (κ1) is 13.1. The number of benzene rings is 1. The molecule has 0 heterocycles. The normalized spacial score (nSPS) is 11.6. The molecule has 2 N–H and O–H groups in total. The van der Waals surface area contributed by atoms with Crippen LogP contribution in [0.2, 0.25) is 0 Å². The highest BCUT2D eigenvalue weighted by atomic mass is 32.2. The second kappa shape index (κ2) is 5.95. The van der Waals surface area contributed by atoms with Gasteiger partial charge in [-0.3, -0.25) is 0 Å². The molecule has 90 valence electrons. The van der Waals surface area contributed by atoms with E-state index >= 15 is 0 Å². The summed E-state index contributed by atoms with van der Waals surface area (Å²) in [5.74, 6) is 0. The third kappa shape index (κ3) is 3.57. The maximum atomic E-state index is 11.7. The minimum absolute atomic E-state index is 0.0998. The fourth-order valence-corrected chi connectivity index (χ4v) is 2.15. The molecule has 0 aliphatic heterocycles. The van der Waals surface area contributed by atoms with E-state index < -0.39 is 10.0 Å². The lowest BCUT2D eigenvalue weighted by atomic mass is 10.2. The molecular weight excluding hydrogens is 230 g/mol. The molecule has 0 saturated heterocycles. The fourth-order valence-electron chi connectivity index (χ4n) is 1.14. The smallest absolute Gasteiger partial charge is 0.240 e. The summed E-state index contributed by atoms with van der Waals surface area (Å²) in [7, 11) is -1.96. The van der Waals surface area contributed by atoms with Crippen molar-refractivity contribution < 1.29 is 18.3 Å². The van der Waals surface area contributed by atoms with Crippen molar-refractivity contribution in [3.05, 3.63) is 29.8 Å². The second-order valence-electron chi connectivity index (χ2n) is 3.19. The van der Waals surface area contributed by atoms with Gasteiger partial charge in [-0.2, -0.15) is 0 Å². The highest BCUT2D eigenvalue weighted by Crippen LogP contribution is 2.10. The number of aliphatic hydroxyl groups excluding tert-OH is 1. The first-order valence-electron chi connectivity index (χ1n) is 4.78. The summed E-state index contributed by atoms with van der Waals surface area (Å²) in [6, 6.07) is 6.07. The van der Waals surface area contributed by atoms with Crippen molar-refractivity contribution >= 4 is 10.0 Å². The Kier molecular flexibility index (Phi) is 4.88. The number of ether oxygens (including phenoxy) is 1. The molecule has 1 aromatic rings. The van der Waals surface area contributed by atoms with E-state index in [1.807, 2.05) is 0 Å². The van der Waals surface area contributed by atoms with Gasteiger partial charge in [-0.15, -0.1) is 0 Å². The maximum absolute atomic E-state index is 11.7. The van der Waals surface area contributed by atoms with Gasteiger partial charge in [0.2, 0.25) is 10.0 Å². The molecule has 0 atom stereocenters. The zero-order valence-electron chi connectivity index (χ0n) is 9.01. The summed E-state index contributed by atoms with van der Waals surface area (Å²) < 4.78 is 30.5. The Morgan fingerprint density at radius 1 is 1.31 bits per heavy atom. The SMILES string of the molecule is COCCNS(=O)(=O)c1ccc(CO)cc1. The summed E-state index contributed by atoms with van der Waals surface area (Å²) in [4.78, 5) is 0.181. The number of rotatable bonds is 6. The topological polar surface area (TPSA) is 75.6 Å². The number of hydrogen-bond donors (Lipinski definition) is 2. The standard InChI is InChI=1S/C10H15NO4S/c1-15-7-6-11-16(13,14)10-4-2-9(8-12)3-5-10/h2-5,11-12H,6-8H2,1H3. The second-order valence-corrected chi connectivity index (χ2v) is 4.96. The van der Waals surface area contributed by atoms with Crippen LogP contribution in [-0.4, -0.2) is 33.8 Å². The van der Waals surface area contributed by atoms with Crippen LogP contribution < -0.4 is 4.72 Å². The van der Waals surface area contributed by atoms with E-state index in [0.717, 1.165) is 0 Å².